The van der Waals surface area contributed by atoms with Crippen molar-refractivity contribution in [3.8, 4) is 5.75 Å². The van der Waals surface area contributed by atoms with Gasteiger partial charge >= 0.3 is 5.69 Å². The molecule has 7 nitrogen and oxygen atoms in total. The summed E-state index contributed by atoms with van der Waals surface area (Å²) < 4.78 is 4.83. The van der Waals surface area contributed by atoms with Crippen LogP contribution in [0.3, 0.4) is 0 Å². The molecule has 0 heterocycles. The smallest absolute Gasteiger partial charge is 0.310 e. The Hall–Kier alpha value is -2.15. The van der Waals surface area contributed by atoms with Gasteiger partial charge in [0.1, 0.15) is 0 Å². The molecule has 1 amide bonds. The second-order valence-corrected chi connectivity index (χ2v) is 3.12. The van der Waals surface area contributed by atoms with E-state index in [4.69, 9.17) is 9.84 Å². The summed E-state index contributed by atoms with van der Waals surface area (Å²) in [5.41, 5.74) is 0.0344. The zero-order valence-corrected chi connectivity index (χ0v) is 11.2. The first-order valence-electron chi connectivity index (χ1n) is 5.81. The Morgan fingerprint density at radius 2 is 2.11 bits per heavy atom. The summed E-state index contributed by atoms with van der Waals surface area (Å²) in [6.45, 7) is 3.95. The van der Waals surface area contributed by atoms with Crippen molar-refractivity contribution < 1.29 is 19.6 Å². The summed E-state index contributed by atoms with van der Waals surface area (Å²) in [6.07, 6.45) is 0. The monoisotopic (exact) mass is 270 g/mol. The van der Waals surface area contributed by atoms with E-state index in [1.807, 2.05) is 13.8 Å². The molecule has 0 unspecified atom stereocenters. The predicted octanol–water partition coefficient (Wildman–Crippen LogP) is 1.35. The number of nitrogens with zero attached hydrogens (tertiary/aromatic N) is 1. The summed E-state index contributed by atoms with van der Waals surface area (Å²) in [5, 5.41) is 21.6. The first kappa shape index (κ1) is 16.9. The van der Waals surface area contributed by atoms with E-state index in [9.17, 15) is 14.9 Å². The Bertz CT molecular complexity index is 434. The van der Waals surface area contributed by atoms with Crippen LogP contribution in [-0.4, -0.2) is 36.2 Å². The molecule has 1 aromatic rings. The number of ether oxygens (including phenoxy) is 1. The van der Waals surface area contributed by atoms with Gasteiger partial charge in [-0.2, -0.15) is 0 Å². The van der Waals surface area contributed by atoms with Crippen molar-refractivity contribution in [3.63, 3.8) is 0 Å². The number of aliphatic hydroxyl groups excluding tert-OH is 1. The zero-order chi connectivity index (χ0) is 14.8. The maximum absolute atomic E-state index is 11.5. The normalized spacial score (nSPS) is 9.05. The standard InChI is InChI=1S/C10H12N2O5.C2H6/c1-17-9-6-7(10(14)11-4-5-13)2-3-8(9)12(15)16;1-2/h2-3,6,13H,4-5H2,1H3,(H,11,14);1-2H3. The summed E-state index contributed by atoms with van der Waals surface area (Å²) in [4.78, 5) is 21.5. The predicted molar refractivity (Wildman–Crippen MR) is 70.4 cm³/mol. The van der Waals surface area contributed by atoms with Gasteiger partial charge in [0, 0.05) is 24.2 Å². The number of hydrogen-bond acceptors (Lipinski definition) is 5. The average Bonchev–Trinajstić information content (AvgIpc) is 2.45. The molecule has 0 aliphatic carbocycles. The summed E-state index contributed by atoms with van der Waals surface area (Å²) >= 11 is 0. The van der Waals surface area contributed by atoms with E-state index in [2.05, 4.69) is 5.32 Å². The topological polar surface area (TPSA) is 102 Å². The van der Waals surface area contributed by atoms with Crippen molar-refractivity contribution in [2.75, 3.05) is 20.3 Å². The number of methoxy groups -OCH3 is 1. The zero-order valence-electron chi connectivity index (χ0n) is 11.2. The van der Waals surface area contributed by atoms with Crippen LogP contribution < -0.4 is 10.1 Å². The molecule has 0 saturated carbocycles. The van der Waals surface area contributed by atoms with E-state index in [0.29, 0.717) is 0 Å². The molecule has 0 bridgehead atoms. The van der Waals surface area contributed by atoms with Crippen molar-refractivity contribution in [3.05, 3.63) is 33.9 Å². The first-order chi connectivity index (χ1) is 9.10. The maximum atomic E-state index is 11.5. The molecule has 0 spiro atoms. The summed E-state index contributed by atoms with van der Waals surface area (Å²) in [5.74, 6) is -0.404. The van der Waals surface area contributed by atoms with E-state index < -0.39 is 10.8 Å². The molecule has 0 atom stereocenters. The molecule has 0 aliphatic heterocycles. The Kier molecular flexibility index (Phi) is 7.87. The number of nitrogens with one attached hydrogen (secondary N) is 1. The molecule has 0 fully saturated rings. The van der Waals surface area contributed by atoms with Gasteiger partial charge in [-0.05, 0) is 6.07 Å². The second kappa shape index (κ2) is 8.87. The highest BCUT2D eigenvalue weighted by atomic mass is 16.6. The number of hydrogen-bond donors (Lipinski definition) is 2. The van der Waals surface area contributed by atoms with Gasteiger partial charge in [-0.25, -0.2) is 0 Å². The van der Waals surface area contributed by atoms with E-state index in [1.54, 1.807) is 0 Å². The van der Waals surface area contributed by atoms with Crippen molar-refractivity contribution >= 4 is 11.6 Å². The Balaban J connectivity index is 0.00000154. The molecular formula is C12H18N2O5. The van der Waals surface area contributed by atoms with Crippen LogP contribution in [0.25, 0.3) is 0 Å². The number of amides is 1. The van der Waals surface area contributed by atoms with Crippen LogP contribution in [0.5, 0.6) is 5.75 Å². The number of carbonyl (C=O) groups is 1. The Morgan fingerprint density at radius 3 is 2.58 bits per heavy atom. The van der Waals surface area contributed by atoms with E-state index >= 15 is 0 Å². The van der Waals surface area contributed by atoms with Crippen LogP contribution in [0.4, 0.5) is 5.69 Å². The van der Waals surface area contributed by atoms with Crippen molar-refractivity contribution in [2.45, 2.75) is 13.8 Å². The summed E-state index contributed by atoms with van der Waals surface area (Å²) in [6, 6.07) is 3.81. The second-order valence-electron chi connectivity index (χ2n) is 3.12. The van der Waals surface area contributed by atoms with E-state index in [1.165, 1.54) is 25.3 Å². The molecule has 2 N–H and O–H groups in total. The first-order valence-corrected chi connectivity index (χ1v) is 5.81. The fraction of sp³-hybridized carbons (Fsp3) is 0.417. The molecule has 7 heteroatoms. The third-order valence-corrected chi connectivity index (χ3v) is 2.04. The molecule has 1 rings (SSSR count). The fourth-order valence-electron chi connectivity index (χ4n) is 1.24. The third kappa shape index (κ3) is 4.92. The van der Waals surface area contributed by atoms with Crippen LogP contribution >= 0.6 is 0 Å². The van der Waals surface area contributed by atoms with Gasteiger partial charge < -0.3 is 15.2 Å². The Labute approximate surface area is 111 Å². The molecular weight excluding hydrogens is 252 g/mol. The number of nitro groups is 1. The minimum atomic E-state index is -0.589. The minimum Gasteiger partial charge on any atom is -0.490 e. The lowest BCUT2D eigenvalue weighted by molar-refractivity contribution is -0.385. The van der Waals surface area contributed by atoms with Gasteiger partial charge in [0.15, 0.2) is 5.75 Å². The van der Waals surface area contributed by atoms with E-state index in [-0.39, 0.29) is 30.2 Å². The van der Waals surface area contributed by atoms with Crippen molar-refractivity contribution in [1.29, 1.82) is 0 Å². The SMILES string of the molecule is CC.COc1cc(C(=O)NCCO)ccc1[N+](=O)[O-]. The molecule has 19 heavy (non-hydrogen) atoms. The lowest BCUT2D eigenvalue weighted by Crippen LogP contribution is -2.26. The highest BCUT2D eigenvalue weighted by Gasteiger charge is 2.16. The Morgan fingerprint density at radius 1 is 1.47 bits per heavy atom. The highest BCUT2D eigenvalue weighted by molar-refractivity contribution is 5.95. The van der Waals surface area contributed by atoms with Crippen molar-refractivity contribution in [2.24, 2.45) is 0 Å². The number of aliphatic hydroxyl groups is 1. The molecule has 0 saturated heterocycles. The quantitative estimate of drug-likeness (QED) is 0.621. The fourth-order valence-corrected chi connectivity index (χ4v) is 1.24. The molecule has 106 valence electrons. The lowest BCUT2D eigenvalue weighted by Gasteiger charge is -2.05. The van der Waals surface area contributed by atoms with Crippen LogP contribution in [0.1, 0.15) is 24.2 Å². The van der Waals surface area contributed by atoms with Gasteiger partial charge in [0.2, 0.25) is 0 Å². The van der Waals surface area contributed by atoms with E-state index in [0.717, 1.165) is 0 Å². The third-order valence-electron chi connectivity index (χ3n) is 2.04. The van der Waals surface area contributed by atoms with Gasteiger partial charge in [-0.3, -0.25) is 14.9 Å². The van der Waals surface area contributed by atoms with Crippen molar-refractivity contribution in [1.82, 2.24) is 5.32 Å². The molecule has 0 radical (unpaired) electrons. The van der Waals surface area contributed by atoms with Gasteiger partial charge in [0.05, 0.1) is 18.6 Å². The number of benzene rings is 1. The lowest BCUT2D eigenvalue weighted by atomic mass is 10.2. The largest absolute Gasteiger partial charge is 0.490 e. The average molecular weight is 270 g/mol. The molecule has 0 aromatic heterocycles. The summed E-state index contributed by atoms with van der Waals surface area (Å²) in [7, 11) is 1.29. The molecule has 0 aliphatic rings. The van der Waals surface area contributed by atoms with Crippen LogP contribution in [0.15, 0.2) is 18.2 Å². The van der Waals surface area contributed by atoms with Crippen LogP contribution in [-0.2, 0) is 0 Å². The van der Waals surface area contributed by atoms with Crippen LogP contribution in [0, 0.1) is 10.1 Å². The van der Waals surface area contributed by atoms with Gasteiger partial charge in [-0.15, -0.1) is 0 Å². The minimum absolute atomic E-state index is 0.0200. The maximum Gasteiger partial charge on any atom is 0.310 e. The number of nitro benzene ring substituents is 1. The van der Waals surface area contributed by atoms with Gasteiger partial charge in [0.25, 0.3) is 5.91 Å². The molecule has 1 aromatic carbocycles. The highest BCUT2D eigenvalue weighted by Crippen LogP contribution is 2.27. The van der Waals surface area contributed by atoms with Crippen LogP contribution in [0.2, 0.25) is 0 Å². The number of rotatable bonds is 5. The number of carbonyl (C=O) groups excluding carboxylic acids is 1. The van der Waals surface area contributed by atoms with Gasteiger partial charge in [-0.1, -0.05) is 13.8 Å².